The molecule has 0 aliphatic carbocycles. The van der Waals surface area contributed by atoms with Gasteiger partial charge in [-0.05, 0) is 30.5 Å². The number of carbonyl (C=O) groups excluding carboxylic acids is 2. The second-order valence-corrected chi connectivity index (χ2v) is 5.63. The van der Waals surface area contributed by atoms with Gasteiger partial charge in [0.05, 0.1) is 6.54 Å². The lowest BCUT2D eigenvalue weighted by molar-refractivity contribution is -0.129. The van der Waals surface area contributed by atoms with Crippen LogP contribution in [-0.4, -0.2) is 42.9 Å². The molecule has 6 heteroatoms. The van der Waals surface area contributed by atoms with Crippen molar-refractivity contribution in [2.24, 2.45) is 11.1 Å². The summed E-state index contributed by atoms with van der Waals surface area (Å²) in [6.07, 6.45) is 0.919. The van der Waals surface area contributed by atoms with Gasteiger partial charge in [0.2, 0.25) is 5.91 Å². The van der Waals surface area contributed by atoms with E-state index in [9.17, 15) is 9.59 Å². The van der Waals surface area contributed by atoms with Gasteiger partial charge in [-0.15, -0.1) is 12.4 Å². The Balaban J connectivity index is 0.00000220. The number of carbonyl (C=O) groups is 2. The van der Waals surface area contributed by atoms with Crippen LogP contribution in [0.25, 0.3) is 0 Å². The summed E-state index contributed by atoms with van der Waals surface area (Å²) in [5.41, 5.74) is 6.30. The molecule has 0 saturated carbocycles. The van der Waals surface area contributed by atoms with Crippen molar-refractivity contribution in [1.29, 1.82) is 0 Å². The molecule has 1 heterocycles. The predicted octanol–water partition coefficient (Wildman–Crippen LogP) is 1.04. The minimum Gasteiger partial charge on any atom is -0.343 e. The van der Waals surface area contributed by atoms with Crippen molar-refractivity contribution < 1.29 is 9.59 Å². The molecule has 116 valence electrons. The summed E-state index contributed by atoms with van der Waals surface area (Å²) >= 11 is 0. The van der Waals surface area contributed by atoms with E-state index >= 15 is 0 Å². The van der Waals surface area contributed by atoms with Crippen LogP contribution in [0.4, 0.5) is 0 Å². The van der Waals surface area contributed by atoms with Crippen LogP contribution in [0.3, 0.4) is 0 Å². The first-order chi connectivity index (χ1) is 9.54. The number of amides is 2. The van der Waals surface area contributed by atoms with Crippen molar-refractivity contribution in [3.05, 3.63) is 35.9 Å². The molecule has 0 spiro atoms. The lowest BCUT2D eigenvalue weighted by Gasteiger charge is -2.22. The van der Waals surface area contributed by atoms with Gasteiger partial charge < -0.3 is 16.0 Å². The number of hydrogen-bond acceptors (Lipinski definition) is 3. The van der Waals surface area contributed by atoms with Gasteiger partial charge in [0.15, 0.2) is 0 Å². The molecule has 1 saturated heterocycles. The number of hydrogen-bond donors (Lipinski definition) is 2. The second kappa shape index (κ2) is 7.43. The molecule has 1 fully saturated rings. The fourth-order valence-corrected chi connectivity index (χ4v) is 2.36. The third kappa shape index (κ3) is 4.44. The molecule has 5 nitrogen and oxygen atoms in total. The highest BCUT2D eigenvalue weighted by Gasteiger charge is 2.34. The van der Waals surface area contributed by atoms with E-state index in [0.717, 1.165) is 6.42 Å². The van der Waals surface area contributed by atoms with Crippen LogP contribution < -0.4 is 11.1 Å². The van der Waals surface area contributed by atoms with Crippen LogP contribution in [0.1, 0.15) is 23.7 Å². The number of rotatable bonds is 4. The Bertz CT molecular complexity index is 495. The van der Waals surface area contributed by atoms with Crippen LogP contribution in [0.2, 0.25) is 0 Å². The zero-order valence-electron chi connectivity index (χ0n) is 12.2. The van der Waals surface area contributed by atoms with E-state index in [0.29, 0.717) is 25.2 Å². The molecule has 1 aliphatic heterocycles. The number of benzene rings is 1. The first-order valence-electron chi connectivity index (χ1n) is 6.85. The molecule has 0 radical (unpaired) electrons. The van der Waals surface area contributed by atoms with Gasteiger partial charge in [-0.25, -0.2) is 0 Å². The van der Waals surface area contributed by atoms with Gasteiger partial charge in [-0.1, -0.05) is 25.1 Å². The molecule has 2 rings (SSSR count). The van der Waals surface area contributed by atoms with Gasteiger partial charge in [0.1, 0.15) is 0 Å². The van der Waals surface area contributed by atoms with Crippen molar-refractivity contribution in [2.75, 3.05) is 26.2 Å². The minimum absolute atomic E-state index is 0. The van der Waals surface area contributed by atoms with E-state index in [1.54, 1.807) is 29.2 Å². The highest BCUT2D eigenvalue weighted by atomic mass is 35.5. The smallest absolute Gasteiger partial charge is 0.251 e. The quantitative estimate of drug-likeness (QED) is 0.872. The molecular formula is C15H22ClN3O2. The summed E-state index contributed by atoms with van der Waals surface area (Å²) in [6, 6.07) is 8.88. The Labute approximate surface area is 131 Å². The van der Waals surface area contributed by atoms with E-state index in [4.69, 9.17) is 5.73 Å². The number of halogens is 1. The Morgan fingerprint density at radius 1 is 1.33 bits per heavy atom. The van der Waals surface area contributed by atoms with Gasteiger partial charge in [0, 0.05) is 18.7 Å². The summed E-state index contributed by atoms with van der Waals surface area (Å²) in [5, 5.41) is 2.66. The zero-order valence-corrected chi connectivity index (χ0v) is 13.0. The maximum Gasteiger partial charge on any atom is 0.251 e. The molecule has 3 N–H and O–H groups in total. The molecule has 1 aromatic rings. The monoisotopic (exact) mass is 311 g/mol. The van der Waals surface area contributed by atoms with Crippen molar-refractivity contribution in [3.8, 4) is 0 Å². The van der Waals surface area contributed by atoms with Crippen molar-refractivity contribution in [1.82, 2.24) is 10.2 Å². The summed E-state index contributed by atoms with van der Waals surface area (Å²) < 4.78 is 0. The molecule has 1 aromatic carbocycles. The molecule has 0 bridgehead atoms. The molecule has 1 atom stereocenters. The Morgan fingerprint density at radius 2 is 2.00 bits per heavy atom. The third-order valence-corrected chi connectivity index (χ3v) is 3.84. The largest absolute Gasteiger partial charge is 0.343 e. The summed E-state index contributed by atoms with van der Waals surface area (Å²) in [7, 11) is 0. The third-order valence-electron chi connectivity index (χ3n) is 3.84. The lowest BCUT2D eigenvalue weighted by Crippen LogP contribution is -2.40. The van der Waals surface area contributed by atoms with Crippen molar-refractivity contribution in [2.45, 2.75) is 13.3 Å². The molecule has 21 heavy (non-hydrogen) atoms. The molecule has 0 aromatic heterocycles. The summed E-state index contributed by atoms with van der Waals surface area (Å²) in [4.78, 5) is 25.7. The van der Waals surface area contributed by atoms with Gasteiger partial charge in [-0.2, -0.15) is 0 Å². The van der Waals surface area contributed by atoms with Gasteiger partial charge in [-0.3, -0.25) is 9.59 Å². The topological polar surface area (TPSA) is 75.4 Å². The van der Waals surface area contributed by atoms with E-state index in [1.165, 1.54) is 0 Å². The first-order valence-corrected chi connectivity index (χ1v) is 6.85. The SMILES string of the molecule is CC1(CN)CCN(C(=O)CNC(=O)c2ccccc2)C1.Cl. The Hall–Kier alpha value is -1.59. The predicted molar refractivity (Wildman–Crippen MR) is 84.4 cm³/mol. The lowest BCUT2D eigenvalue weighted by atomic mass is 9.90. The summed E-state index contributed by atoms with van der Waals surface area (Å²) in [6.45, 7) is 4.08. The number of nitrogens with one attached hydrogen (secondary N) is 1. The minimum atomic E-state index is -0.222. The van der Waals surface area contributed by atoms with Crippen molar-refractivity contribution >= 4 is 24.2 Å². The van der Waals surface area contributed by atoms with Crippen molar-refractivity contribution in [3.63, 3.8) is 0 Å². The van der Waals surface area contributed by atoms with Gasteiger partial charge in [0.25, 0.3) is 5.91 Å². The average molecular weight is 312 g/mol. The van der Waals surface area contributed by atoms with Crippen LogP contribution in [0, 0.1) is 5.41 Å². The first kappa shape index (κ1) is 17.5. The average Bonchev–Trinajstić information content (AvgIpc) is 2.89. The normalized spacial score (nSPS) is 20.8. The van der Waals surface area contributed by atoms with Crippen LogP contribution in [0.5, 0.6) is 0 Å². The number of likely N-dealkylation sites (tertiary alicyclic amines) is 1. The fourth-order valence-electron chi connectivity index (χ4n) is 2.36. The highest BCUT2D eigenvalue weighted by molar-refractivity contribution is 5.96. The molecule has 2 amide bonds. The number of nitrogens with two attached hydrogens (primary N) is 1. The van der Waals surface area contributed by atoms with E-state index < -0.39 is 0 Å². The van der Waals surface area contributed by atoms with Crippen LogP contribution in [-0.2, 0) is 4.79 Å². The Morgan fingerprint density at radius 3 is 2.57 bits per heavy atom. The maximum atomic E-state index is 12.1. The van der Waals surface area contributed by atoms with Gasteiger partial charge >= 0.3 is 0 Å². The molecular weight excluding hydrogens is 290 g/mol. The zero-order chi connectivity index (χ0) is 14.6. The fraction of sp³-hybridized carbons (Fsp3) is 0.467. The number of nitrogens with zero attached hydrogens (tertiary/aromatic N) is 1. The van der Waals surface area contributed by atoms with E-state index in [-0.39, 0.29) is 36.2 Å². The second-order valence-electron chi connectivity index (χ2n) is 5.63. The molecule has 1 aliphatic rings. The van der Waals surface area contributed by atoms with E-state index in [2.05, 4.69) is 12.2 Å². The van der Waals surface area contributed by atoms with Crippen LogP contribution >= 0.6 is 12.4 Å². The molecule has 1 unspecified atom stereocenters. The van der Waals surface area contributed by atoms with E-state index in [1.807, 2.05) is 6.07 Å². The Kier molecular flexibility index (Phi) is 6.18. The highest BCUT2D eigenvalue weighted by Crippen LogP contribution is 2.28. The van der Waals surface area contributed by atoms with Crippen LogP contribution in [0.15, 0.2) is 30.3 Å². The standard InChI is InChI=1S/C15H21N3O2.ClH/c1-15(10-16)7-8-18(11-15)13(19)9-17-14(20)12-5-3-2-4-6-12;/h2-6H,7-11,16H2,1H3,(H,17,20);1H. The maximum absolute atomic E-state index is 12.1. The summed E-state index contributed by atoms with van der Waals surface area (Å²) in [5.74, 6) is -0.272.